The zero-order chi connectivity index (χ0) is 14.7. The van der Waals surface area contributed by atoms with E-state index in [4.69, 9.17) is 15.1 Å². The smallest absolute Gasteiger partial charge is 0.380 e. The summed E-state index contributed by atoms with van der Waals surface area (Å²) in [4.78, 5) is 23.2. The zero-order valence-electron chi connectivity index (χ0n) is 10.2. The Labute approximate surface area is 113 Å². The third-order valence-corrected chi connectivity index (χ3v) is 2.57. The predicted molar refractivity (Wildman–Crippen MR) is 65.5 cm³/mol. The number of benzene rings is 1. The minimum absolute atomic E-state index is 0.0162. The molecule has 0 fully saturated rings. The van der Waals surface area contributed by atoms with Crippen LogP contribution in [0.4, 0.5) is 0 Å². The third-order valence-electron chi connectivity index (χ3n) is 2.57. The molecular weight excluding hydrogens is 266 g/mol. The molecule has 3 N–H and O–H groups in total. The van der Waals surface area contributed by atoms with E-state index in [9.17, 15) is 14.7 Å². The van der Waals surface area contributed by atoms with E-state index in [0.717, 1.165) is 6.07 Å². The molecule has 0 aliphatic heterocycles. The highest BCUT2D eigenvalue weighted by atomic mass is 16.5. The van der Waals surface area contributed by atoms with Gasteiger partial charge in [-0.25, -0.2) is 4.79 Å². The second kappa shape index (κ2) is 5.35. The average Bonchev–Trinajstić information content (AvgIpc) is 2.72. The van der Waals surface area contributed by atoms with Crippen molar-refractivity contribution < 1.29 is 29.7 Å². The Bertz CT molecular complexity index is 646. The first kappa shape index (κ1) is 13.5. The number of aromatic nitrogens is 1. The quantitative estimate of drug-likeness (QED) is 0.334. The fraction of sp³-hybridized carbons (Fsp3) is 0.0769. The van der Waals surface area contributed by atoms with Gasteiger partial charge in [-0.1, -0.05) is 30.3 Å². The van der Waals surface area contributed by atoms with Gasteiger partial charge in [-0.3, -0.25) is 4.79 Å². The van der Waals surface area contributed by atoms with Crippen LogP contribution in [-0.2, 0) is 16.1 Å². The number of esters is 1. The maximum Gasteiger partial charge on any atom is 0.380 e. The van der Waals surface area contributed by atoms with E-state index in [2.05, 4.69) is 0 Å². The topological polar surface area (TPSA) is 109 Å². The summed E-state index contributed by atoms with van der Waals surface area (Å²) >= 11 is 0. The van der Waals surface area contributed by atoms with Crippen LogP contribution in [0.25, 0.3) is 0 Å². The molecule has 0 bridgehead atoms. The first-order chi connectivity index (χ1) is 9.50. The molecule has 0 saturated heterocycles. The SMILES string of the molecule is O=C(OCc1ccccc1)C(=O)c1cc(O)n(O)c1O. The fourth-order valence-corrected chi connectivity index (χ4v) is 1.54. The normalized spacial score (nSPS) is 10.2. The maximum absolute atomic E-state index is 11.7. The summed E-state index contributed by atoms with van der Waals surface area (Å²) in [5.74, 6) is -4.05. The molecule has 0 saturated carbocycles. The van der Waals surface area contributed by atoms with Crippen molar-refractivity contribution in [3.8, 4) is 11.8 Å². The summed E-state index contributed by atoms with van der Waals surface area (Å²) in [6.07, 6.45) is 0. The van der Waals surface area contributed by atoms with E-state index < -0.39 is 29.1 Å². The van der Waals surface area contributed by atoms with Crippen LogP contribution in [0.2, 0.25) is 0 Å². The summed E-state index contributed by atoms with van der Waals surface area (Å²) in [6.45, 7) is -0.0992. The van der Waals surface area contributed by atoms with Crippen molar-refractivity contribution in [2.75, 3.05) is 0 Å². The summed E-state index contributed by atoms with van der Waals surface area (Å²) < 4.78 is 4.76. The maximum atomic E-state index is 11.7. The van der Waals surface area contributed by atoms with Crippen LogP contribution in [0.5, 0.6) is 11.8 Å². The van der Waals surface area contributed by atoms with Crippen LogP contribution >= 0.6 is 0 Å². The first-order valence-corrected chi connectivity index (χ1v) is 5.59. The van der Waals surface area contributed by atoms with Gasteiger partial charge in [0.05, 0.1) is 5.56 Å². The molecule has 0 aliphatic carbocycles. The van der Waals surface area contributed by atoms with Crippen LogP contribution in [0, 0.1) is 0 Å². The van der Waals surface area contributed by atoms with Gasteiger partial charge in [0.1, 0.15) is 6.61 Å². The monoisotopic (exact) mass is 277 g/mol. The highest BCUT2D eigenvalue weighted by molar-refractivity contribution is 6.41. The molecule has 0 unspecified atom stereocenters. The van der Waals surface area contributed by atoms with E-state index >= 15 is 0 Å². The van der Waals surface area contributed by atoms with Gasteiger partial charge in [0.15, 0.2) is 0 Å². The van der Waals surface area contributed by atoms with Crippen molar-refractivity contribution in [1.82, 2.24) is 4.73 Å². The number of aromatic hydroxyl groups is 2. The highest BCUT2D eigenvalue weighted by Crippen LogP contribution is 2.26. The van der Waals surface area contributed by atoms with Gasteiger partial charge < -0.3 is 20.2 Å². The van der Waals surface area contributed by atoms with Crippen LogP contribution in [0.3, 0.4) is 0 Å². The first-order valence-electron chi connectivity index (χ1n) is 5.59. The molecule has 0 radical (unpaired) electrons. The van der Waals surface area contributed by atoms with Crippen molar-refractivity contribution in [3.05, 3.63) is 47.5 Å². The zero-order valence-corrected chi connectivity index (χ0v) is 10.2. The molecule has 104 valence electrons. The molecule has 0 amide bonds. The van der Waals surface area contributed by atoms with Gasteiger partial charge in [-0.15, -0.1) is 4.73 Å². The number of carbonyl (C=O) groups is 2. The van der Waals surface area contributed by atoms with Gasteiger partial charge in [0, 0.05) is 6.07 Å². The second-order valence-corrected chi connectivity index (χ2v) is 3.94. The predicted octanol–water partition coefficient (Wildman–Crippen LogP) is 1.06. The molecule has 0 spiro atoms. The summed E-state index contributed by atoms with van der Waals surface area (Å²) in [7, 11) is 0. The van der Waals surface area contributed by atoms with E-state index in [1.165, 1.54) is 0 Å². The van der Waals surface area contributed by atoms with E-state index in [0.29, 0.717) is 5.56 Å². The Kier molecular flexibility index (Phi) is 3.60. The van der Waals surface area contributed by atoms with Crippen LogP contribution in [0.15, 0.2) is 36.4 Å². The molecule has 7 heteroatoms. The van der Waals surface area contributed by atoms with Gasteiger partial charge >= 0.3 is 5.97 Å². The van der Waals surface area contributed by atoms with Gasteiger partial charge in [0.25, 0.3) is 5.78 Å². The number of ketones is 1. The lowest BCUT2D eigenvalue weighted by Gasteiger charge is -2.03. The Balaban J connectivity index is 2.06. The number of hydrogen-bond donors (Lipinski definition) is 3. The van der Waals surface area contributed by atoms with Gasteiger partial charge in [-0.2, -0.15) is 0 Å². The van der Waals surface area contributed by atoms with Crippen molar-refractivity contribution in [2.24, 2.45) is 0 Å². The van der Waals surface area contributed by atoms with Crippen molar-refractivity contribution in [1.29, 1.82) is 0 Å². The van der Waals surface area contributed by atoms with Gasteiger partial charge in [-0.05, 0) is 5.56 Å². The number of hydrogen-bond acceptors (Lipinski definition) is 6. The van der Waals surface area contributed by atoms with E-state index in [-0.39, 0.29) is 11.3 Å². The number of carbonyl (C=O) groups excluding carboxylic acids is 2. The van der Waals surface area contributed by atoms with Crippen LogP contribution in [0.1, 0.15) is 15.9 Å². The molecule has 20 heavy (non-hydrogen) atoms. The molecule has 2 aromatic rings. The Morgan fingerprint density at radius 3 is 2.35 bits per heavy atom. The van der Waals surface area contributed by atoms with Crippen molar-refractivity contribution in [3.63, 3.8) is 0 Å². The lowest BCUT2D eigenvalue weighted by atomic mass is 10.2. The molecule has 7 nitrogen and oxygen atoms in total. The lowest BCUT2D eigenvalue weighted by molar-refractivity contribution is -0.139. The average molecular weight is 277 g/mol. The number of nitrogens with zero attached hydrogens (tertiary/aromatic N) is 1. The fourth-order valence-electron chi connectivity index (χ4n) is 1.54. The summed E-state index contributed by atoms with van der Waals surface area (Å²) in [5.41, 5.74) is 0.156. The Morgan fingerprint density at radius 2 is 1.80 bits per heavy atom. The summed E-state index contributed by atoms with van der Waals surface area (Å²) in [6, 6.07) is 9.49. The standard InChI is InChI=1S/C13H11NO6/c15-10-6-9(12(17)14(10)19)11(16)13(18)20-7-8-4-2-1-3-5-8/h1-6,15,17,19H,7H2. The largest absolute Gasteiger partial charge is 0.492 e. The molecule has 0 atom stereocenters. The molecule has 2 rings (SSSR count). The van der Waals surface area contributed by atoms with E-state index in [1.807, 2.05) is 0 Å². The minimum atomic E-state index is -1.20. The van der Waals surface area contributed by atoms with Crippen LogP contribution in [-0.4, -0.2) is 31.9 Å². The van der Waals surface area contributed by atoms with Crippen molar-refractivity contribution >= 4 is 11.8 Å². The molecule has 1 heterocycles. The molecule has 0 aliphatic rings. The Morgan fingerprint density at radius 1 is 1.15 bits per heavy atom. The van der Waals surface area contributed by atoms with E-state index in [1.54, 1.807) is 30.3 Å². The number of ether oxygens (including phenoxy) is 1. The Hall–Kier alpha value is -2.96. The molecule has 1 aromatic heterocycles. The molecule has 1 aromatic carbocycles. The lowest BCUT2D eigenvalue weighted by Crippen LogP contribution is -2.17. The van der Waals surface area contributed by atoms with Gasteiger partial charge in [0.2, 0.25) is 11.8 Å². The highest BCUT2D eigenvalue weighted by Gasteiger charge is 2.26. The number of rotatable bonds is 4. The minimum Gasteiger partial charge on any atom is -0.492 e. The third kappa shape index (κ3) is 2.56. The summed E-state index contributed by atoms with van der Waals surface area (Å²) in [5, 5.41) is 27.5. The second-order valence-electron chi connectivity index (χ2n) is 3.94. The molecular formula is C13H11NO6. The number of Topliss-reactive ketones (excluding diaryl/α,β-unsaturated/α-hetero) is 1. The van der Waals surface area contributed by atoms with Crippen LogP contribution < -0.4 is 0 Å². The van der Waals surface area contributed by atoms with Crippen molar-refractivity contribution in [2.45, 2.75) is 6.61 Å².